The minimum Gasteiger partial charge on any atom is -0.490 e. The molecule has 0 bridgehead atoms. The molecule has 7 heteroatoms. The van der Waals surface area contributed by atoms with Gasteiger partial charge in [0.25, 0.3) is 0 Å². The van der Waals surface area contributed by atoms with E-state index in [-0.39, 0.29) is 18.3 Å². The Balaban J connectivity index is 2.06. The van der Waals surface area contributed by atoms with Gasteiger partial charge in [-0.25, -0.2) is 0 Å². The molecule has 2 rings (SSSR count). The van der Waals surface area contributed by atoms with E-state index in [1.165, 1.54) is 6.07 Å². The lowest BCUT2D eigenvalue weighted by molar-refractivity contribution is -0.387. The number of ether oxygens (including phenoxy) is 1. The van der Waals surface area contributed by atoms with E-state index < -0.39 is 22.0 Å². The van der Waals surface area contributed by atoms with E-state index in [2.05, 4.69) is 0 Å². The molecule has 1 aliphatic rings. The molecule has 1 unspecified atom stereocenters. The molecule has 1 fully saturated rings. The van der Waals surface area contributed by atoms with Crippen molar-refractivity contribution in [3.05, 3.63) is 34.1 Å². The summed E-state index contributed by atoms with van der Waals surface area (Å²) in [5, 5.41) is 19.5. The number of nitrogens with zero attached hydrogens (tertiary/aromatic N) is 2. The normalized spacial score (nSPS) is 17.3. The van der Waals surface area contributed by atoms with Crippen LogP contribution in [0, 0.1) is 33.2 Å². The molecule has 100 valence electrons. The lowest BCUT2D eigenvalue weighted by Gasteiger charge is -2.21. The monoisotopic (exact) mass is 265 g/mol. The second-order valence-electron chi connectivity index (χ2n) is 4.59. The fourth-order valence-corrected chi connectivity index (χ4v) is 1.77. The second-order valence-corrected chi connectivity index (χ2v) is 4.59. The zero-order chi connectivity index (χ0) is 14.0. The third-order valence-corrected chi connectivity index (χ3v) is 3.11. The first-order valence-electron chi connectivity index (χ1n) is 5.73. The summed E-state index contributed by atoms with van der Waals surface area (Å²) in [6.45, 7) is -0.0641. The molecule has 2 N–H and O–H groups in total. The van der Waals surface area contributed by atoms with Gasteiger partial charge < -0.3 is 10.5 Å². The number of rotatable bonds is 5. The molecule has 0 heterocycles. The van der Waals surface area contributed by atoms with E-state index in [1.54, 1.807) is 0 Å². The molecule has 0 aromatic heterocycles. The molecule has 1 atom stereocenters. The Hall–Kier alpha value is -2.20. The molecule has 0 spiro atoms. The lowest BCUT2D eigenvalue weighted by atomic mass is 9.98. The van der Waals surface area contributed by atoms with E-state index >= 15 is 0 Å². The van der Waals surface area contributed by atoms with Crippen molar-refractivity contribution in [3.63, 3.8) is 0 Å². The Labute approximate surface area is 108 Å². The summed E-state index contributed by atoms with van der Waals surface area (Å²) in [5.41, 5.74) is 4.18. The van der Waals surface area contributed by atoms with E-state index in [0.717, 1.165) is 25.0 Å². The lowest BCUT2D eigenvalue weighted by Crippen LogP contribution is -2.46. The van der Waals surface area contributed by atoms with Gasteiger partial charge in [0, 0.05) is 12.1 Å². The van der Waals surface area contributed by atoms with Crippen molar-refractivity contribution in [1.29, 1.82) is 5.26 Å². The zero-order valence-electron chi connectivity index (χ0n) is 10.0. The average Bonchev–Trinajstić information content (AvgIpc) is 3.20. The van der Waals surface area contributed by atoms with Crippen molar-refractivity contribution in [2.45, 2.75) is 18.4 Å². The maximum atomic E-state index is 13.4. The van der Waals surface area contributed by atoms with Crippen molar-refractivity contribution in [1.82, 2.24) is 0 Å². The molecule has 1 aliphatic carbocycles. The summed E-state index contributed by atoms with van der Waals surface area (Å²) < 4.78 is 18.6. The van der Waals surface area contributed by atoms with Crippen molar-refractivity contribution >= 4 is 5.69 Å². The number of nitro groups is 1. The highest BCUT2D eigenvalue weighted by molar-refractivity contribution is 5.38. The molecule has 1 aromatic rings. The SMILES string of the molecule is N#CC(N)(COc1ccc([N+](=O)[O-])c(F)c1)C1CC1. The molecule has 1 aromatic carbocycles. The number of halogens is 1. The number of nitro benzene ring substituents is 1. The molecule has 0 saturated heterocycles. The fourth-order valence-electron chi connectivity index (χ4n) is 1.77. The van der Waals surface area contributed by atoms with Gasteiger partial charge in [0.15, 0.2) is 0 Å². The highest BCUT2D eigenvalue weighted by atomic mass is 19.1. The Bertz CT molecular complexity index is 554. The van der Waals surface area contributed by atoms with Crippen LogP contribution in [0.5, 0.6) is 5.75 Å². The summed E-state index contributed by atoms with van der Waals surface area (Å²) >= 11 is 0. The van der Waals surface area contributed by atoms with E-state index in [0.29, 0.717) is 0 Å². The number of nitrogens with two attached hydrogens (primary N) is 1. The Kier molecular flexibility index (Phi) is 3.36. The van der Waals surface area contributed by atoms with Crippen LogP contribution in [0.4, 0.5) is 10.1 Å². The van der Waals surface area contributed by atoms with Crippen LogP contribution in [-0.2, 0) is 0 Å². The Morgan fingerprint density at radius 1 is 1.63 bits per heavy atom. The smallest absolute Gasteiger partial charge is 0.305 e. The highest BCUT2D eigenvalue weighted by Gasteiger charge is 2.43. The molecular formula is C12H12FN3O3. The van der Waals surface area contributed by atoms with Gasteiger partial charge in [0.2, 0.25) is 5.82 Å². The number of nitriles is 1. The third kappa shape index (κ3) is 2.80. The topological polar surface area (TPSA) is 102 Å². The van der Waals surface area contributed by atoms with Crippen molar-refractivity contribution in [3.8, 4) is 11.8 Å². The quantitative estimate of drug-likeness (QED) is 0.645. The van der Waals surface area contributed by atoms with Gasteiger partial charge in [0.1, 0.15) is 17.9 Å². The number of hydrogen-bond donors (Lipinski definition) is 1. The number of benzene rings is 1. The van der Waals surface area contributed by atoms with Gasteiger partial charge >= 0.3 is 5.69 Å². The van der Waals surface area contributed by atoms with Crippen molar-refractivity contribution in [2.24, 2.45) is 11.7 Å². The van der Waals surface area contributed by atoms with E-state index in [4.69, 9.17) is 15.7 Å². The van der Waals surface area contributed by atoms with E-state index in [1.807, 2.05) is 6.07 Å². The minimum atomic E-state index is -1.09. The van der Waals surface area contributed by atoms with Gasteiger partial charge in [-0.15, -0.1) is 0 Å². The first-order valence-corrected chi connectivity index (χ1v) is 5.73. The van der Waals surface area contributed by atoms with Crippen LogP contribution in [0.2, 0.25) is 0 Å². The van der Waals surface area contributed by atoms with Gasteiger partial charge in [-0.3, -0.25) is 10.1 Å². The largest absolute Gasteiger partial charge is 0.490 e. The molecular weight excluding hydrogens is 253 g/mol. The average molecular weight is 265 g/mol. The van der Waals surface area contributed by atoms with Crippen molar-refractivity contribution < 1.29 is 14.1 Å². The zero-order valence-corrected chi connectivity index (χ0v) is 10.0. The van der Waals surface area contributed by atoms with Crippen LogP contribution in [0.1, 0.15) is 12.8 Å². The maximum Gasteiger partial charge on any atom is 0.305 e. The highest BCUT2D eigenvalue weighted by Crippen LogP contribution is 2.38. The molecule has 0 amide bonds. The Morgan fingerprint density at radius 2 is 2.32 bits per heavy atom. The van der Waals surface area contributed by atoms with Gasteiger partial charge in [0.05, 0.1) is 11.0 Å². The van der Waals surface area contributed by atoms with Crippen molar-refractivity contribution in [2.75, 3.05) is 6.61 Å². The van der Waals surface area contributed by atoms with Gasteiger partial charge in [-0.1, -0.05) is 0 Å². The first-order chi connectivity index (χ1) is 8.96. The number of hydrogen-bond acceptors (Lipinski definition) is 5. The molecule has 19 heavy (non-hydrogen) atoms. The van der Waals surface area contributed by atoms with Gasteiger partial charge in [-0.05, 0) is 24.8 Å². The summed E-state index contributed by atoms with van der Waals surface area (Å²) in [4.78, 5) is 9.64. The molecule has 6 nitrogen and oxygen atoms in total. The van der Waals surface area contributed by atoms with Crippen LogP contribution in [0.15, 0.2) is 18.2 Å². The summed E-state index contributed by atoms with van der Waals surface area (Å²) in [6, 6.07) is 5.23. The second kappa shape index (κ2) is 4.82. The van der Waals surface area contributed by atoms with Crippen LogP contribution >= 0.6 is 0 Å². The molecule has 1 saturated carbocycles. The summed E-state index contributed by atoms with van der Waals surface area (Å²) in [7, 11) is 0. The molecule has 0 radical (unpaired) electrons. The maximum absolute atomic E-state index is 13.4. The predicted molar refractivity (Wildman–Crippen MR) is 63.8 cm³/mol. The van der Waals surface area contributed by atoms with Crippen LogP contribution in [0.25, 0.3) is 0 Å². The third-order valence-electron chi connectivity index (χ3n) is 3.11. The summed E-state index contributed by atoms with van der Waals surface area (Å²) in [6.07, 6.45) is 1.75. The predicted octanol–water partition coefficient (Wildman–Crippen LogP) is 1.74. The van der Waals surface area contributed by atoms with Crippen LogP contribution < -0.4 is 10.5 Å². The first kappa shape index (κ1) is 13.2. The minimum absolute atomic E-state index is 0.0641. The van der Waals surface area contributed by atoms with Crippen LogP contribution in [0.3, 0.4) is 0 Å². The fraction of sp³-hybridized carbons (Fsp3) is 0.417. The summed E-state index contributed by atoms with van der Waals surface area (Å²) in [5.74, 6) is -0.761. The van der Waals surface area contributed by atoms with E-state index in [9.17, 15) is 14.5 Å². The van der Waals surface area contributed by atoms with Gasteiger partial charge in [-0.2, -0.15) is 9.65 Å². The Morgan fingerprint density at radius 3 is 2.79 bits per heavy atom. The van der Waals surface area contributed by atoms with Crippen LogP contribution in [-0.4, -0.2) is 17.1 Å². The standard InChI is InChI=1S/C12H12FN3O3/c13-10-5-9(3-4-11(10)16(17)18)19-7-12(15,6-14)8-1-2-8/h3-5,8H,1-2,7,15H2. The molecule has 0 aliphatic heterocycles.